The zero-order valence-corrected chi connectivity index (χ0v) is 6.32. The summed E-state index contributed by atoms with van der Waals surface area (Å²) in [6.07, 6.45) is 0. The largest absolute Gasteiger partial charge is 0.474 e. The summed E-state index contributed by atoms with van der Waals surface area (Å²) in [5.74, 6) is -2.40. The lowest BCUT2D eigenvalue weighted by Crippen LogP contribution is -1.95. The molecule has 0 aliphatic heterocycles. The molecule has 0 radical (unpaired) electrons. The molecule has 0 bridgehead atoms. The van der Waals surface area contributed by atoms with Crippen molar-refractivity contribution in [3.05, 3.63) is 29.9 Å². The van der Waals surface area contributed by atoms with E-state index in [1.807, 2.05) is 0 Å². The number of rotatable bonds is 1. The molecule has 4 nitrogen and oxygen atoms in total. The standard InChI is InChI=1S/C8H4FNO3/c9-4-2-1-3-5-6(4)10-7(13-5)8(11)12/h1-3H,(H,11,12). The highest BCUT2D eigenvalue weighted by Gasteiger charge is 2.14. The third kappa shape index (κ3) is 1.14. The van der Waals surface area contributed by atoms with Gasteiger partial charge in [-0.05, 0) is 12.1 Å². The van der Waals surface area contributed by atoms with Gasteiger partial charge in [0.15, 0.2) is 11.4 Å². The lowest BCUT2D eigenvalue weighted by molar-refractivity contribution is 0.0656. The van der Waals surface area contributed by atoms with Gasteiger partial charge in [-0.3, -0.25) is 0 Å². The van der Waals surface area contributed by atoms with E-state index >= 15 is 0 Å². The first-order valence-corrected chi connectivity index (χ1v) is 3.47. The minimum atomic E-state index is -1.31. The molecule has 5 heteroatoms. The highest BCUT2D eigenvalue weighted by molar-refractivity contribution is 5.86. The third-order valence-corrected chi connectivity index (χ3v) is 1.55. The predicted molar refractivity (Wildman–Crippen MR) is 40.9 cm³/mol. The molecule has 0 fully saturated rings. The molecule has 2 rings (SSSR count). The number of oxazole rings is 1. The van der Waals surface area contributed by atoms with Gasteiger partial charge in [0, 0.05) is 0 Å². The van der Waals surface area contributed by atoms with Gasteiger partial charge < -0.3 is 9.52 Å². The highest BCUT2D eigenvalue weighted by Crippen LogP contribution is 2.17. The number of fused-ring (bicyclic) bond motifs is 1. The molecule has 1 aromatic heterocycles. The summed E-state index contributed by atoms with van der Waals surface area (Å²) in [5.41, 5.74) is 0.0808. The van der Waals surface area contributed by atoms with Gasteiger partial charge in [0.2, 0.25) is 0 Å². The van der Waals surface area contributed by atoms with Crippen LogP contribution in [0.2, 0.25) is 0 Å². The van der Waals surface area contributed by atoms with E-state index in [1.165, 1.54) is 18.2 Å². The molecule has 2 aromatic rings. The lowest BCUT2D eigenvalue weighted by atomic mass is 10.3. The molecule has 0 aliphatic rings. The minimum Gasteiger partial charge on any atom is -0.474 e. The number of aromatic nitrogens is 1. The predicted octanol–water partition coefficient (Wildman–Crippen LogP) is 1.67. The first-order chi connectivity index (χ1) is 6.18. The molecular weight excluding hydrogens is 177 g/mol. The monoisotopic (exact) mass is 181 g/mol. The van der Waals surface area contributed by atoms with Gasteiger partial charge in [-0.15, -0.1) is 0 Å². The number of carboxylic acid groups (broad SMARTS) is 1. The number of hydrogen-bond acceptors (Lipinski definition) is 3. The van der Waals surface area contributed by atoms with Crippen molar-refractivity contribution in [1.82, 2.24) is 4.98 Å². The Morgan fingerprint density at radius 2 is 2.31 bits per heavy atom. The Morgan fingerprint density at radius 3 is 2.92 bits per heavy atom. The lowest BCUT2D eigenvalue weighted by Gasteiger charge is -1.85. The van der Waals surface area contributed by atoms with Crippen molar-refractivity contribution in [1.29, 1.82) is 0 Å². The molecule has 1 N–H and O–H groups in total. The normalized spacial score (nSPS) is 10.5. The fraction of sp³-hybridized carbons (Fsp3) is 0. The number of carboxylic acids is 1. The Morgan fingerprint density at radius 1 is 1.54 bits per heavy atom. The second kappa shape index (κ2) is 2.55. The van der Waals surface area contributed by atoms with Crippen LogP contribution in [0, 0.1) is 5.82 Å². The van der Waals surface area contributed by atoms with E-state index < -0.39 is 17.7 Å². The smallest absolute Gasteiger partial charge is 0.392 e. The summed E-state index contributed by atoms with van der Waals surface area (Å²) in [5, 5.41) is 8.50. The Hall–Kier alpha value is -1.91. The van der Waals surface area contributed by atoms with Crippen LogP contribution in [0.15, 0.2) is 22.6 Å². The van der Waals surface area contributed by atoms with Crippen LogP contribution < -0.4 is 0 Å². The Bertz CT molecular complexity index is 477. The van der Waals surface area contributed by atoms with E-state index in [2.05, 4.69) is 4.98 Å². The van der Waals surface area contributed by atoms with Crippen LogP contribution in [-0.2, 0) is 0 Å². The van der Waals surface area contributed by atoms with Gasteiger partial charge in [-0.25, -0.2) is 14.2 Å². The van der Waals surface area contributed by atoms with Crippen LogP contribution in [0.4, 0.5) is 4.39 Å². The SMILES string of the molecule is O=C(O)c1nc2c(F)cccc2o1. The maximum absolute atomic E-state index is 12.9. The zero-order chi connectivity index (χ0) is 9.42. The van der Waals surface area contributed by atoms with E-state index in [-0.39, 0.29) is 11.1 Å². The number of nitrogens with zero attached hydrogens (tertiary/aromatic N) is 1. The zero-order valence-electron chi connectivity index (χ0n) is 6.32. The van der Waals surface area contributed by atoms with Crippen LogP contribution in [0.1, 0.15) is 10.7 Å². The number of halogens is 1. The van der Waals surface area contributed by atoms with Crippen molar-refractivity contribution < 1.29 is 18.7 Å². The van der Waals surface area contributed by atoms with Crippen molar-refractivity contribution in [3.8, 4) is 0 Å². The van der Waals surface area contributed by atoms with Crippen molar-refractivity contribution in [3.63, 3.8) is 0 Å². The molecule has 0 unspecified atom stereocenters. The van der Waals surface area contributed by atoms with E-state index in [0.29, 0.717) is 0 Å². The van der Waals surface area contributed by atoms with Crippen molar-refractivity contribution in [2.75, 3.05) is 0 Å². The molecule has 1 heterocycles. The molecular formula is C8H4FNO3. The number of aromatic carboxylic acids is 1. The first kappa shape index (κ1) is 7.72. The number of hydrogen-bond donors (Lipinski definition) is 1. The minimum absolute atomic E-state index is 0.0556. The van der Waals surface area contributed by atoms with Crippen molar-refractivity contribution >= 4 is 17.1 Å². The number of carbonyl (C=O) groups is 1. The van der Waals surface area contributed by atoms with Crippen LogP contribution in [0.25, 0.3) is 11.1 Å². The van der Waals surface area contributed by atoms with Gasteiger partial charge in [-0.1, -0.05) is 6.07 Å². The topological polar surface area (TPSA) is 63.3 Å². The molecule has 0 saturated carbocycles. The molecule has 0 saturated heterocycles. The summed E-state index contributed by atoms with van der Waals surface area (Å²) in [4.78, 5) is 13.9. The second-order valence-electron chi connectivity index (χ2n) is 2.41. The van der Waals surface area contributed by atoms with Crippen LogP contribution >= 0.6 is 0 Å². The number of para-hydroxylation sites is 1. The summed E-state index contributed by atoms with van der Waals surface area (Å²) in [6, 6.07) is 4.07. The van der Waals surface area contributed by atoms with Gasteiger partial charge in [-0.2, -0.15) is 0 Å². The van der Waals surface area contributed by atoms with Crippen LogP contribution in [0.5, 0.6) is 0 Å². The fourth-order valence-corrected chi connectivity index (χ4v) is 1.01. The summed E-state index contributed by atoms with van der Waals surface area (Å²) in [7, 11) is 0. The van der Waals surface area contributed by atoms with Crippen LogP contribution in [0.3, 0.4) is 0 Å². The quantitative estimate of drug-likeness (QED) is 0.726. The molecule has 0 spiro atoms. The Labute approximate surface area is 71.6 Å². The summed E-state index contributed by atoms with van der Waals surface area (Å²) >= 11 is 0. The average molecular weight is 181 g/mol. The molecule has 0 atom stereocenters. The van der Waals surface area contributed by atoms with Gasteiger partial charge >= 0.3 is 11.9 Å². The second-order valence-corrected chi connectivity index (χ2v) is 2.41. The van der Waals surface area contributed by atoms with Gasteiger partial charge in [0.05, 0.1) is 0 Å². The van der Waals surface area contributed by atoms with Crippen molar-refractivity contribution in [2.45, 2.75) is 0 Å². The fourth-order valence-electron chi connectivity index (χ4n) is 1.01. The summed E-state index contributed by atoms with van der Waals surface area (Å²) < 4.78 is 17.7. The molecule has 66 valence electrons. The first-order valence-electron chi connectivity index (χ1n) is 3.47. The molecule has 0 aliphatic carbocycles. The Kier molecular flexibility index (Phi) is 1.51. The molecule has 13 heavy (non-hydrogen) atoms. The van der Waals surface area contributed by atoms with E-state index in [0.717, 1.165) is 0 Å². The van der Waals surface area contributed by atoms with E-state index in [4.69, 9.17) is 9.52 Å². The Balaban J connectivity index is 2.75. The van der Waals surface area contributed by atoms with Gasteiger partial charge in [0.25, 0.3) is 0 Å². The molecule has 0 amide bonds. The maximum atomic E-state index is 12.9. The van der Waals surface area contributed by atoms with E-state index in [1.54, 1.807) is 0 Å². The summed E-state index contributed by atoms with van der Waals surface area (Å²) in [6.45, 7) is 0. The third-order valence-electron chi connectivity index (χ3n) is 1.55. The van der Waals surface area contributed by atoms with Crippen LogP contribution in [-0.4, -0.2) is 16.1 Å². The van der Waals surface area contributed by atoms with E-state index in [9.17, 15) is 9.18 Å². The molecule has 1 aromatic carbocycles. The van der Waals surface area contributed by atoms with Crippen molar-refractivity contribution in [2.24, 2.45) is 0 Å². The highest BCUT2D eigenvalue weighted by atomic mass is 19.1. The number of benzene rings is 1. The maximum Gasteiger partial charge on any atom is 0.392 e. The average Bonchev–Trinajstić information content (AvgIpc) is 2.49. The van der Waals surface area contributed by atoms with Gasteiger partial charge in [0.1, 0.15) is 5.52 Å².